The molecule has 3 aromatic rings. The lowest BCUT2D eigenvalue weighted by atomic mass is 10.3. The number of imidazole rings is 1. The molecule has 0 aliphatic heterocycles. The fourth-order valence-corrected chi connectivity index (χ4v) is 4.02. The highest BCUT2D eigenvalue weighted by molar-refractivity contribution is 7.91. The first-order chi connectivity index (χ1) is 9.58. The van der Waals surface area contributed by atoms with Gasteiger partial charge in [0.2, 0.25) is 10.0 Å². The number of hydrogen-bond donors (Lipinski definition) is 1. The van der Waals surface area contributed by atoms with Gasteiger partial charge in [0.25, 0.3) is 0 Å². The maximum absolute atomic E-state index is 12.1. The van der Waals surface area contributed by atoms with E-state index >= 15 is 0 Å². The van der Waals surface area contributed by atoms with Gasteiger partial charge < -0.3 is 4.57 Å². The Bertz CT molecular complexity index is 836. The Labute approximate surface area is 120 Å². The molecule has 104 valence electrons. The highest BCUT2D eigenvalue weighted by atomic mass is 32.2. The van der Waals surface area contributed by atoms with Crippen molar-refractivity contribution >= 4 is 32.4 Å². The molecule has 0 saturated heterocycles. The zero-order valence-electron chi connectivity index (χ0n) is 10.8. The van der Waals surface area contributed by atoms with Crippen LogP contribution in [0.5, 0.6) is 0 Å². The van der Waals surface area contributed by atoms with Crippen LogP contribution in [0.15, 0.2) is 46.0 Å². The van der Waals surface area contributed by atoms with Gasteiger partial charge >= 0.3 is 0 Å². The minimum absolute atomic E-state index is 0.172. The molecule has 3 rings (SSSR count). The summed E-state index contributed by atoms with van der Waals surface area (Å²) in [6.07, 6.45) is 0. The van der Waals surface area contributed by atoms with Crippen LogP contribution in [0, 0.1) is 0 Å². The van der Waals surface area contributed by atoms with E-state index in [-0.39, 0.29) is 6.54 Å². The lowest BCUT2D eigenvalue weighted by molar-refractivity contribution is 0.580. The predicted octanol–water partition coefficient (Wildman–Crippen LogP) is 2.11. The molecule has 0 aliphatic rings. The smallest absolute Gasteiger partial charge is 0.250 e. The zero-order valence-corrected chi connectivity index (χ0v) is 12.4. The van der Waals surface area contributed by atoms with Crippen LogP contribution in [0.2, 0.25) is 0 Å². The maximum Gasteiger partial charge on any atom is 0.250 e. The van der Waals surface area contributed by atoms with E-state index in [4.69, 9.17) is 0 Å². The van der Waals surface area contributed by atoms with Gasteiger partial charge in [-0.15, -0.1) is 11.3 Å². The van der Waals surface area contributed by atoms with Gasteiger partial charge in [-0.3, -0.25) is 0 Å². The van der Waals surface area contributed by atoms with Gasteiger partial charge in [0.05, 0.1) is 17.6 Å². The minimum Gasteiger partial charge on any atom is -0.330 e. The second-order valence-electron chi connectivity index (χ2n) is 4.33. The summed E-state index contributed by atoms with van der Waals surface area (Å²) in [5.74, 6) is 0.686. The molecule has 0 saturated carbocycles. The summed E-state index contributed by atoms with van der Waals surface area (Å²) in [5.41, 5.74) is 1.85. The van der Waals surface area contributed by atoms with Crippen molar-refractivity contribution in [1.82, 2.24) is 14.3 Å². The summed E-state index contributed by atoms with van der Waals surface area (Å²) in [5, 5.41) is 1.74. The lowest BCUT2D eigenvalue weighted by Gasteiger charge is -2.05. The molecule has 0 spiro atoms. The Kier molecular flexibility index (Phi) is 3.33. The van der Waals surface area contributed by atoms with Crippen LogP contribution < -0.4 is 4.72 Å². The number of rotatable bonds is 4. The first kappa shape index (κ1) is 13.3. The van der Waals surface area contributed by atoms with Gasteiger partial charge in [0.15, 0.2) is 0 Å². The SMILES string of the molecule is Cn1c(CNS(=O)(=O)c2cccs2)nc2ccccc21. The molecule has 0 radical (unpaired) electrons. The van der Waals surface area contributed by atoms with Gasteiger partial charge in [-0.05, 0) is 23.6 Å². The Morgan fingerprint density at radius 2 is 2.05 bits per heavy atom. The average molecular weight is 307 g/mol. The van der Waals surface area contributed by atoms with E-state index in [1.54, 1.807) is 17.5 Å². The Morgan fingerprint density at radius 3 is 2.75 bits per heavy atom. The summed E-state index contributed by atoms with van der Waals surface area (Å²) in [4.78, 5) is 4.44. The average Bonchev–Trinajstić information content (AvgIpc) is 3.06. The number of benzene rings is 1. The third-order valence-corrected chi connectivity index (χ3v) is 5.86. The van der Waals surface area contributed by atoms with E-state index < -0.39 is 10.0 Å². The van der Waals surface area contributed by atoms with Crippen molar-refractivity contribution < 1.29 is 8.42 Å². The Morgan fingerprint density at radius 1 is 1.25 bits per heavy atom. The molecule has 2 aromatic heterocycles. The van der Waals surface area contributed by atoms with Crippen LogP contribution in [0.3, 0.4) is 0 Å². The van der Waals surface area contributed by atoms with E-state index in [9.17, 15) is 8.42 Å². The molecule has 0 aliphatic carbocycles. The molecular formula is C13H13N3O2S2. The van der Waals surface area contributed by atoms with E-state index in [1.807, 2.05) is 35.9 Å². The fraction of sp³-hybridized carbons (Fsp3) is 0.154. The molecule has 5 nitrogen and oxygen atoms in total. The van der Waals surface area contributed by atoms with Crippen LogP contribution in [0.1, 0.15) is 5.82 Å². The summed E-state index contributed by atoms with van der Waals surface area (Å²) in [6.45, 7) is 0.172. The summed E-state index contributed by atoms with van der Waals surface area (Å²) in [7, 11) is -1.58. The molecule has 0 atom stereocenters. The minimum atomic E-state index is -3.45. The van der Waals surface area contributed by atoms with Crippen molar-refractivity contribution in [1.29, 1.82) is 0 Å². The molecule has 1 aromatic carbocycles. The molecule has 0 unspecified atom stereocenters. The first-order valence-electron chi connectivity index (χ1n) is 6.01. The number of para-hydroxylation sites is 2. The monoisotopic (exact) mass is 307 g/mol. The second-order valence-corrected chi connectivity index (χ2v) is 7.27. The van der Waals surface area contributed by atoms with Gasteiger partial charge in [-0.1, -0.05) is 18.2 Å². The van der Waals surface area contributed by atoms with Crippen LogP contribution in [-0.4, -0.2) is 18.0 Å². The van der Waals surface area contributed by atoms with Crippen molar-refractivity contribution in [3.05, 3.63) is 47.6 Å². The number of aryl methyl sites for hydroxylation is 1. The van der Waals surface area contributed by atoms with Gasteiger partial charge in [-0.2, -0.15) is 0 Å². The number of fused-ring (bicyclic) bond motifs is 1. The van der Waals surface area contributed by atoms with Gasteiger partial charge in [-0.25, -0.2) is 18.1 Å². The Hall–Kier alpha value is -1.70. The predicted molar refractivity (Wildman–Crippen MR) is 79.1 cm³/mol. The zero-order chi connectivity index (χ0) is 14.2. The van der Waals surface area contributed by atoms with Crippen molar-refractivity contribution in [2.75, 3.05) is 0 Å². The van der Waals surface area contributed by atoms with Crippen LogP contribution >= 0.6 is 11.3 Å². The number of thiophene rings is 1. The maximum atomic E-state index is 12.1. The molecule has 7 heteroatoms. The third kappa shape index (κ3) is 2.35. The third-order valence-electron chi connectivity index (χ3n) is 3.06. The molecule has 2 heterocycles. The molecule has 0 fully saturated rings. The quantitative estimate of drug-likeness (QED) is 0.803. The normalized spacial score (nSPS) is 12.1. The summed E-state index contributed by atoms with van der Waals surface area (Å²) >= 11 is 1.20. The molecule has 1 N–H and O–H groups in total. The van der Waals surface area contributed by atoms with Crippen molar-refractivity contribution in [3.8, 4) is 0 Å². The van der Waals surface area contributed by atoms with Crippen molar-refractivity contribution in [3.63, 3.8) is 0 Å². The Balaban J connectivity index is 1.86. The van der Waals surface area contributed by atoms with Crippen molar-refractivity contribution in [2.45, 2.75) is 10.8 Å². The van der Waals surface area contributed by atoms with Crippen LogP contribution in [0.4, 0.5) is 0 Å². The number of sulfonamides is 1. The first-order valence-corrected chi connectivity index (χ1v) is 8.38. The molecule has 0 bridgehead atoms. The fourth-order valence-electron chi connectivity index (χ4n) is 2.00. The van der Waals surface area contributed by atoms with E-state index in [0.29, 0.717) is 10.0 Å². The van der Waals surface area contributed by atoms with Gasteiger partial charge in [0, 0.05) is 7.05 Å². The largest absolute Gasteiger partial charge is 0.330 e. The number of nitrogens with zero attached hydrogens (tertiary/aromatic N) is 2. The topological polar surface area (TPSA) is 64.0 Å². The van der Waals surface area contributed by atoms with Crippen LogP contribution in [0.25, 0.3) is 11.0 Å². The van der Waals surface area contributed by atoms with Gasteiger partial charge in [0.1, 0.15) is 10.0 Å². The summed E-state index contributed by atoms with van der Waals surface area (Å²) < 4.78 is 28.9. The summed E-state index contributed by atoms with van der Waals surface area (Å²) in [6, 6.07) is 11.0. The van der Waals surface area contributed by atoms with E-state index in [0.717, 1.165) is 11.0 Å². The highest BCUT2D eigenvalue weighted by Crippen LogP contribution is 2.17. The number of nitrogens with one attached hydrogen (secondary N) is 1. The second kappa shape index (κ2) is 5.01. The standard InChI is InChI=1S/C13H13N3O2S2/c1-16-11-6-3-2-5-10(11)15-12(16)9-14-20(17,18)13-7-4-8-19-13/h2-8,14H,9H2,1H3. The van der Waals surface area contributed by atoms with Crippen LogP contribution in [-0.2, 0) is 23.6 Å². The van der Waals surface area contributed by atoms with Crippen molar-refractivity contribution in [2.24, 2.45) is 7.05 Å². The number of aromatic nitrogens is 2. The van der Waals surface area contributed by atoms with E-state index in [2.05, 4.69) is 9.71 Å². The van der Waals surface area contributed by atoms with E-state index in [1.165, 1.54) is 11.3 Å². The highest BCUT2D eigenvalue weighted by Gasteiger charge is 2.16. The molecular weight excluding hydrogens is 294 g/mol. The lowest BCUT2D eigenvalue weighted by Crippen LogP contribution is -2.24. The molecule has 20 heavy (non-hydrogen) atoms. The number of hydrogen-bond acceptors (Lipinski definition) is 4. The molecule has 0 amide bonds.